The zero-order valence-electron chi connectivity index (χ0n) is 28.9. The fourth-order valence-electron chi connectivity index (χ4n) is 8.64. The van der Waals surface area contributed by atoms with Crippen LogP contribution in [0.5, 0.6) is 0 Å². The summed E-state index contributed by atoms with van der Waals surface area (Å²) < 4.78 is 0. The minimum absolute atomic E-state index is 1.01. The van der Waals surface area contributed by atoms with Gasteiger partial charge in [-0.2, -0.15) is 0 Å². The summed E-state index contributed by atoms with van der Waals surface area (Å²) in [6, 6.07) is 75.2. The van der Waals surface area contributed by atoms with Crippen molar-refractivity contribution in [1.82, 2.24) is 0 Å². The molecular weight excluding hydrogens is 633 g/mol. The summed E-state index contributed by atoms with van der Waals surface area (Å²) in [5.74, 6) is 0. The first-order valence-electron chi connectivity index (χ1n) is 17.8. The second kappa shape index (κ2) is 13.6. The van der Waals surface area contributed by atoms with Crippen LogP contribution in [0.4, 0.5) is 0 Å². The van der Waals surface area contributed by atoms with Crippen LogP contribution < -0.4 is 25.9 Å². The Labute approximate surface area is 298 Å². The van der Waals surface area contributed by atoms with Gasteiger partial charge in [0.05, 0.1) is 0 Å². The zero-order valence-corrected chi connectivity index (χ0v) is 30.9. The van der Waals surface area contributed by atoms with Crippen molar-refractivity contribution < 1.29 is 0 Å². The molecule has 0 nitrogen and oxygen atoms in total. The lowest BCUT2D eigenvalue weighted by molar-refractivity contribution is 1.34. The van der Waals surface area contributed by atoms with Crippen LogP contribution >= 0.6 is 0 Å². The summed E-state index contributed by atoms with van der Waals surface area (Å²) in [6.07, 6.45) is 0. The summed E-state index contributed by atoms with van der Waals surface area (Å²) in [5.41, 5.74) is 5.20. The number of fused-ring (bicyclic) bond motifs is 2. The summed E-state index contributed by atoms with van der Waals surface area (Å²) in [5, 5.41) is 12.9. The molecule has 0 aromatic heterocycles. The van der Waals surface area contributed by atoms with Gasteiger partial charge in [0.2, 0.25) is 0 Å². The van der Waals surface area contributed by atoms with Crippen molar-refractivity contribution in [3.63, 3.8) is 0 Å². The molecule has 0 heterocycles. The minimum atomic E-state index is -2.78. The molecule has 0 aliphatic carbocycles. The molecule has 0 atom stereocenters. The van der Waals surface area contributed by atoms with Crippen LogP contribution in [0.15, 0.2) is 194 Å². The van der Waals surface area contributed by atoms with Crippen LogP contribution in [0.2, 0.25) is 5.67 Å². The molecule has 8 aromatic rings. The Kier molecular flexibility index (Phi) is 8.66. The van der Waals surface area contributed by atoms with Crippen LogP contribution in [0.1, 0.15) is 16.7 Å². The smallest absolute Gasteiger partial charge is 0.0626 e. The van der Waals surface area contributed by atoms with Crippen LogP contribution in [-0.2, 0) is 6.04 Å². The predicted molar refractivity (Wildman–Crippen MR) is 221 cm³/mol. The Morgan fingerprint density at radius 3 is 1.22 bits per heavy atom. The van der Waals surface area contributed by atoms with Crippen LogP contribution in [0.3, 0.4) is 0 Å². The Hall–Kier alpha value is -5.29. The van der Waals surface area contributed by atoms with Gasteiger partial charge < -0.3 is 0 Å². The summed E-state index contributed by atoms with van der Waals surface area (Å²) >= 11 is 0. The topological polar surface area (TPSA) is 0 Å². The van der Waals surface area contributed by atoms with E-state index in [-0.39, 0.29) is 0 Å². The quantitative estimate of drug-likeness (QED) is 0.106. The van der Waals surface area contributed by atoms with Crippen LogP contribution in [-0.4, -0.2) is 16.1 Å². The van der Waals surface area contributed by atoms with Gasteiger partial charge in [-0.05, 0) is 79.4 Å². The first-order chi connectivity index (χ1) is 24.6. The monoisotopic (exact) mass is 674 g/mol. The van der Waals surface area contributed by atoms with E-state index in [4.69, 9.17) is 0 Å². The summed E-state index contributed by atoms with van der Waals surface area (Å²) in [7, 11) is -5.43. The molecule has 0 saturated heterocycles. The first kappa shape index (κ1) is 31.9. The Balaban J connectivity index is 1.52. The van der Waals surface area contributed by atoms with E-state index in [1.807, 2.05) is 0 Å². The number of hydrogen-bond acceptors (Lipinski definition) is 0. The second-order valence-corrected chi connectivity index (χ2v) is 22.5. The molecule has 242 valence electrons. The van der Waals surface area contributed by atoms with Gasteiger partial charge in [0, 0.05) is 0 Å². The highest BCUT2D eigenvalue weighted by atomic mass is 28.4. The number of hydrogen-bond donors (Lipinski definition) is 0. The molecule has 8 aromatic carbocycles. The Morgan fingerprint density at radius 1 is 0.340 bits per heavy atom. The van der Waals surface area contributed by atoms with E-state index in [9.17, 15) is 0 Å². The van der Waals surface area contributed by atoms with E-state index in [0.29, 0.717) is 0 Å². The van der Waals surface area contributed by atoms with Crippen molar-refractivity contribution in [3.8, 4) is 0 Å². The Morgan fingerprint density at radius 2 is 0.720 bits per heavy atom. The highest BCUT2D eigenvalue weighted by Crippen LogP contribution is 2.31. The maximum absolute atomic E-state index is 2.78. The second-order valence-electron chi connectivity index (χ2n) is 13.9. The van der Waals surface area contributed by atoms with Crippen molar-refractivity contribution in [2.24, 2.45) is 0 Å². The zero-order chi connectivity index (χ0) is 34.0. The van der Waals surface area contributed by atoms with Gasteiger partial charge in [-0.15, -0.1) is 0 Å². The predicted octanol–water partition coefficient (Wildman–Crippen LogP) is 8.66. The van der Waals surface area contributed by atoms with Gasteiger partial charge in [-0.1, -0.05) is 204 Å². The molecule has 8 rings (SSSR count). The largest absolute Gasteiger partial charge is 0.147 e. The van der Waals surface area contributed by atoms with Crippen LogP contribution in [0.25, 0.3) is 21.5 Å². The lowest BCUT2D eigenvalue weighted by atomic mass is 10.0. The van der Waals surface area contributed by atoms with Gasteiger partial charge in [0.1, 0.15) is 16.1 Å². The number of rotatable bonds is 9. The SMILES string of the molecule is Cc1ccc(C[Si](C[Si](c2ccccc2)(c2ccccc2)c2ccc(C)c3ccccc23)(c2ccccc2)c2ccccc2)c2ccccc12. The molecule has 0 aliphatic heterocycles. The molecule has 0 aliphatic rings. The van der Waals surface area contributed by atoms with Crippen molar-refractivity contribution in [2.45, 2.75) is 25.6 Å². The molecule has 50 heavy (non-hydrogen) atoms. The molecular formula is C48H42Si2. The average Bonchev–Trinajstić information content (AvgIpc) is 3.19. The average molecular weight is 675 g/mol. The normalized spacial score (nSPS) is 12.0. The van der Waals surface area contributed by atoms with E-state index in [1.165, 1.54) is 64.2 Å². The maximum atomic E-state index is 2.50. The van der Waals surface area contributed by atoms with Crippen molar-refractivity contribution in [1.29, 1.82) is 0 Å². The van der Waals surface area contributed by atoms with Crippen molar-refractivity contribution >= 4 is 63.6 Å². The van der Waals surface area contributed by atoms with Gasteiger partial charge in [0.15, 0.2) is 0 Å². The number of benzene rings is 8. The molecule has 0 radical (unpaired) electrons. The van der Waals surface area contributed by atoms with Crippen molar-refractivity contribution in [2.75, 3.05) is 0 Å². The summed E-state index contributed by atoms with van der Waals surface area (Å²) in [4.78, 5) is 0. The van der Waals surface area contributed by atoms with Gasteiger partial charge >= 0.3 is 0 Å². The van der Waals surface area contributed by atoms with Gasteiger partial charge in [0.25, 0.3) is 0 Å². The maximum Gasteiger partial charge on any atom is 0.147 e. The third-order valence-corrected chi connectivity index (χ3v) is 23.5. The van der Waals surface area contributed by atoms with E-state index < -0.39 is 16.1 Å². The fourth-order valence-corrected chi connectivity index (χ4v) is 23.7. The Bertz CT molecular complexity index is 2300. The van der Waals surface area contributed by atoms with Crippen molar-refractivity contribution in [3.05, 3.63) is 211 Å². The highest BCUT2D eigenvalue weighted by Gasteiger charge is 2.50. The number of aryl methyl sites for hydroxylation is 2. The van der Waals surface area contributed by atoms with E-state index in [1.54, 1.807) is 0 Å². The van der Waals surface area contributed by atoms with E-state index in [0.717, 1.165) is 11.7 Å². The van der Waals surface area contributed by atoms with E-state index >= 15 is 0 Å². The van der Waals surface area contributed by atoms with Gasteiger partial charge in [-0.25, -0.2) is 0 Å². The minimum Gasteiger partial charge on any atom is -0.0626 e. The van der Waals surface area contributed by atoms with Gasteiger partial charge in [-0.3, -0.25) is 0 Å². The third-order valence-electron chi connectivity index (χ3n) is 11.1. The summed E-state index contributed by atoms with van der Waals surface area (Å²) in [6.45, 7) is 4.51. The van der Waals surface area contributed by atoms with E-state index in [2.05, 4.69) is 208 Å². The van der Waals surface area contributed by atoms with Crippen LogP contribution in [0, 0.1) is 13.8 Å². The first-order valence-corrected chi connectivity index (χ1v) is 22.4. The highest BCUT2D eigenvalue weighted by molar-refractivity contribution is 7.22. The molecule has 0 amide bonds. The molecule has 2 heteroatoms. The lowest BCUT2D eigenvalue weighted by Gasteiger charge is -2.44. The molecule has 0 fully saturated rings. The molecule has 0 N–H and O–H groups in total. The molecule has 0 spiro atoms. The molecule has 0 saturated carbocycles. The fraction of sp³-hybridized carbons (Fsp3) is 0.0833. The lowest BCUT2D eigenvalue weighted by Crippen LogP contribution is -2.75. The molecule has 0 unspecified atom stereocenters. The molecule has 0 bridgehead atoms. The standard InChI is InChI=1S/C48H42Si2/c1-37-31-33-39(46-29-17-15-27-44(37)46)35-49(40-19-7-3-8-20-40,41-21-9-4-10-22-41)36-50(42-23-11-5-12-24-42,43-25-13-6-14-26-43)48-34-32-38(2)45-28-16-18-30-47(45)48/h3-34H,35-36H2,1-2H3. The third kappa shape index (κ3) is 5.55.